The molecule has 0 atom stereocenters. The van der Waals surface area contributed by atoms with Gasteiger partial charge in [-0.05, 0) is 62.8 Å². The van der Waals surface area contributed by atoms with Crippen LogP contribution in [0.1, 0.15) is 35.4 Å². The van der Waals surface area contributed by atoms with Crippen LogP contribution in [0.4, 0.5) is 11.6 Å². The Labute approximate surface area is 166 Å². The monoisotopic (exact) mass is 402 g/mol. The first kappa shape index (κ1) is 19.1. The Kier molecular flexibility index (Phi) is 5.25. The first-order valence-electron chi connectivity index (χ1n) is 9.76. The molecular formula is C20H26N4O3S. The Morgan fingerprint density at radius 2 is 1.64 bits per heavy atom. The second kappa shape index (κ2) is 7.67. The van der Waals surface area contributed by atoms with Crippen LogP contribution in [0.25, 0.3) is 0 Å². The zero-order valence-electron chi connectivity index (χ0n) is 16.4. The van der Waals surface area contributed by atoms with Crippen LogP contribution in [0.2, 0.25) is 0 Å². The summed E-state index contributed by atoms with van der Waals surface area (Å²) in [7, 11) is -3.69. The van der Waals surface area contributed by atoms with Gasteiger partial charge in [0.1, 0.15) is 0 Å². The summed E-state index contributed by atoms with van der Waals surface area (Å²) in [5.41, 5.74) is 4.10. The quantitative estimate of drug-likeness (QED) is 0.846. The van der Waals surface area contributed by atoms with Crippen molar-refractivity contribution in [1.82, 2.24) is 9.97 Å². The van der Waals surface area contributed by atoms with Gasteiger partial charge in [0.25, 0.3) is 10.0 Å². The average molecular weight is 403 g/mol. The van der Waals surface area contributed by atoms with Crippen molar-refractivity contribution in [3.8, 4) is 0 Å². The highest BCUT2D eigenvalue weighted by Gasteiger charge is 2.22. The molecule has 1 saturated heterocycles. The normalized spacial score (nSPS) is 17.3. The number of sulfonamides is 1. The van der Waals surface area contributed by atoms with Gasteiger partial charge in [-0.1, -0.05) is 6.07 Å². The molecule has 1 aromatic heterocycles. The maximum absolute atomic E-state index is 13.0. The zero-order chi connectivity index (χ0) is 19.7. The predicted molar refractivity (Wildman–Crippen MR) is 108 cm³/mol. The first-order valence-corrected chi connectivity index (χ1v) is 11.2. The van der Waals surface area contributed by atoms with E-state index >= 15 is 0 Å². The molecule has 2 aliphatic rings. The number of rotatable bonds is 4. The second-order valence-electron chi connectivity index (χ2n) is 7.41. The number of hydrogen-bond donors (Lipinski definition) is 1. The third kappa shape index (κ3) is 3.84. The van der Waals surface area contributed by atoms with Crippen molar-refractivity contribution >= 4 is 21.7 Å². The molecular weight excluding hydrogens is 376 g/mol. The Morgan fingerprint density at radius 1 is 1.00 bits per heavy atom. The molecule has 1 aliphatic carbocycles. The maximum Gasteiger partial charge on any atom is 0.262 e. The number of benzene rings is 1. The smallest absolute Gasteiger partial charge is 0.262 e. The van der Waals surface area contributed by atoms with Crippen LogP contribution >= 0.6 is 0 Å². The molecule has 150 valence electrons. The van der Waals surface area contributed by atoms with E-state index in [9.17, 15) is 8.42 Å². The lowest BCUT2D eigenvalue weighted by atomic mass is 9.92. The molecule has 0 spiro atoms. The van der Waals surface area contributed by atoms with Gasteiger partial charge >= 0.3 is 0 Å². The van der Waals surface area contributed by atoms with Crippen molar-refractivity contribution in [2.45, 2.75) is 44.4 Å². The van der Waals surface area contributed by atoms with E-state index < -0.39 is 10.0 Å². The van der Waals surface area contributed by atoms with Gasteiger partial charge in [-0.2, -0.15) is 0 Å². The summed E-state index contributed by atoms with van der Waals surface area (Å²) in [6, 6.07) is 5.45. The van der Waals surface area contributed by atoms with Gasteiger partial charge in [-0.25, -0.2) is 18.4 Å². The van der Waals surface area contributed by atoms with Gasteiger partial charge in [0.15, 0.2) is 0 Å². The van der Waals surface area contributed by atoms with Gasteiger partial charge in [-0.15, -0.1) is 0 Å². The molecule has 0 unspecified atom stereocenters. The molecule has 0 amide bonds. The van der Waals surface area contributed by atoms with Crippen molar-refractivity contribution in [2.75, 3.05) is 35.9 Å². The van der Waals surface area contributed by atoms with E-state index in [4.69, 9.17) is 4.74 Å². The number of hydrogen-bond acceptors (Lipinski definition) is 6. The lowest BCUT2D eigenvalue weighted by Gasteiger charge is -2.27. The van der Waals surface area contributed by atoms with Crippen molar-refractivity contribution < 1.29 is 13.2 Å². The molecule has 28 heavy (non-hydrogen) atoms. The molecule has 7 nitrogen and oxygen atoms in total. The second-order valence-corrected chi connectivity index (χ2v) is 9.09. The summed E-state index contributed by atoms with van der Waals surface area (Å²) in [5.74, 6) is 0.620. The van der Waals surface area contributed by atoms with E-state index in [1.165, 1.54) is 12.0 Å². The molecule has 1 aliphatic heterocycles. The van der Waals surface area contributed by atoms with Crippen LogP contribution in [0.5, 0.6) is 0 Å². The van der Waals surface area contributed by atoms with E-state index in [0.29, 0.717) is 41.1 Å². The average Bonchev–Trinajstić information content (AvgIpc) is 2.71. The minimum absolute atomic E-state index is 0.296. The minimum atomic E-state index is -3.69. The number of aromatic nitrogens is 2. The summed E-state index contributed by atoms with van der Waals surface area (Å²) in [4.78, 5) is 11.4. The Bertz CT molecular complexity index is 962. The number of ether oxygens (including phenoxy) is 1. The van der Waals surface area contributed by atoms with Crippen LogP contribution in [0, 0.1) is 13.8 Å². The highest BCUT2D eigenvalue weighted by atomic mass is 32.2. The van der Waals surface area contributed by atoms with E-state index in [1.54, 1.807) is 6.07 Å². The van der Waals surface area contributed by atoms with Crippen molar-refractivity contribution in [3.63, 3.8) is 0 Å². The molecule has 2 heterocycles. The molecule has 0 bridgehead atoms. The number of anilines is 2. The van der Waals surface area contributed by atoms with Crippen LogP contribution in [0.3, 0.4) is 0 Å². The lowest BCUT2D eigenvalue weighted by molar-refractivity contribution is 0.122. The number of nitrogens with one attached hydrogen (secondary N) is 1. The van der Waals surface area contributed by atoms with E-state index in [0.717, 1.165) is 37.9 Å². The largest absolute Gasteiger partial charge is 0.378 e. The summed E-state index contributed by atoms with van der Waals surface area (Å²) >= 11 is 0. The summed E-state index contributed by atoms with van der Waals surface area (Å²) in [5, 5.41) is 0. The lowest BCUT2D eigenvalue weighted by Crippen LogP contribution is -2.37. The van der Waals surface area contributed by atoms with Crippen LogP contribution in [-0.4, -0.2) is 44.7 Å². The minimum Gasteiger partial charge on any atom is -0.378 e. The van der Waals surface area contributed by atoms with E-state index in [1.807, 2.05) is 26.0 Å². The van der Waals surface area contributed by atoms with Gasteiger partial charge in [0.05, 0.1) is 35.2 Å². The topological polar surface area (TPSA) is 84.4 Å². The van der Waals surface area contributed by atoms with Gasteiger partial charge in [-0.3, -0.25) is 4.72 Å². The van der Waals surface area contributed by atoms with Crippen LogP contribution in [0.15, 0.2) is 23.1 Å². The van der Waals surface area contributed by atoms with Crippen molar-refractivity contribution in [3.05, 3.63) is 40.7 Å². The highest BCUT2D eigenvalue weighted by Crippen LogP contribution is 2.27. The molecule has 0 saturated carbocycles. The fraction of sp³-hybridized carbons (Fsp3) is 0.500. The molecule has 4 rings (SSSR count). The fourth-order valence-electron chi connectivity index (χ4n) is 3.82. The number of nitrogens with zero attached hydrogens (tertiary/aromatic N) is 3. The first-order chi connectivity index (χ1) is 13.4. The molecule has 0 radical (unpaired) electrons. The van der Waals surface area contributed by atoms with Gasteiger partial charge < -0.3 is 9.64 Å². The third-order valence-corrected chi connectivity index (χ3v) is 6.77. The molecule has 1 fully saturated rings. The maximum atomic E-state index is 13.0. The van der Waals surface area contributed by atoms with Crippen LogP contribution in [-0.2, 0) is 27.6 Å². The van der Waals surface area contributed by atoms with Crippen LogP contribution < -0.4 is 9.62 Å². The standard InChI is InChI=1S/C20H26N4O3S/c1-14-19(15(2)22-20(21-14)24-9-11-27-12-10-24)23-28(25,26)18-8-7-16-5-3-4-6-17(16)13-18/h7-8,13,23H,3-6,9-12H2,1-2H3. The number of fused-ring (bicyclic) bond motifs is 1. The Hall–Kier alpha value is -2.19. The molecule has 1 N–H and O–H groups in total. The van der Waals surface area contributed by atoms with Crippen molar-refractivity contribution in [1.29, 1.82) is 0 Å². The SMILES string of the molecule is Cc1nc(N2CCOCC2)nc(C)c1NS(=O)(=O)c1ccc2c(c1)CCCC2. The number of aryl methyl sites for hydroxylation is 4. The van der Waals surface area contributed by atoms with Crippen molar-refractivity contribution in [2.24, 2.45) is 0 Å². The predicted octanol–water partition coefficient (Wildman–Crippen LogP) is 2.61. The number of morpholine rings is 1. The molecule has 1 aromatic carbocycles. The van der Waals surface area contributed by atoms with Gasteiger partial charge in [0.2, 0.25) is 5.95 Å². The summed E-state index contributed by atoms with van der Waals surface area (Å²) in [6.07, 6.45) is 4.24. The Morgan fingerprint density at radius 3 is 2.32 bits per heavy atom. The summed E-state index contributed by atoms with van der Waals surface area (Å²) < 4.78 is 34.1. The highest BCUT2D eigenvalue weighted by molar-refractivity contribution is 7.92. The fourth-order valence-corrected chi connectivity index (χ4v) is 5.05. The van der Waals surface area contributed by atoms with E-state index in [2.05, 4.69) is 19.6 Å². The Balaban J connectivity index is 1.61. The molecule has 2 aromatic rings. The summed E-state index contributed by atoms with van der Waals surface area (Å²) in [6.45, 7) is 6.38. The molecule has 8 heteroatoms. The van der Waals surface area contributed by atoms with Gasteiger partial charge in [0, 0.05) is 13.1 Å². The third-order valence-electron chi connectivity index (χ3n) is 5.42. The zero-order valence-corrected chi connectivity index (χ0v) is 17.2. The van der Waals surface area contributed by atoms with E-state index in [-0.39, 0.29) is 0 Å².